The largest absolute Gasteiger partial charge is 0.495 e. The fraction of sp³-hybridized carbons (Fsp3) is 0.417. The van der Waals surface area contributed by atoms with Gasteiger partial charge in [0.1, 0.15) is 11.9 Å². The summed E-state index contributed by atoms with van der Waals surface area (Å²) in [5.74, 6) is -0.127. The molecule has 184 valence electrons. The highest BCUT2D eigenvalue weighted by atomic mass is 35.5. The number of likely N-dealkylation sites (tertiary alicyclic amines) is 1. The summed E-state index contributed by atoms with van der Waals surface area (Å²) in [6.07, 6.45) is 1.16. The lowest BCUT2D eigenvalue weighted by molar-refractivity contribution is 0.00933. The van der Waals surface area contributed by atoms with Crippen molar-refractivity contribution in [1.82, 2.24) is 10.2 Å². The van der Waals surface area contributed by atoms with Gasteiger partial charge in [-0.3, -0.25) is 0 Å². The van der Waals surface area contributed by atoms with Gasteiger partial charge in [0.05, 0.1) is 36.0 Å². The third-order valence-electron chi connectivity index (χ3n) is 5.57. The number of anilines is 2. The third kappa shape index (κ3) is 7.24. The molecule has 0 bridgehead atoms. The van der Waals surface area contributed by atoms with Crippen LogP contribution in [0.4, 0.5) is 16.2 Å². The van der Waals surface area contributed by atoms with Crippen LogP contribution >= 0.6 is 11.6 Å². The minimum Gasteiger partial charge on any atom is -0.495 e. The molecule has 2 aromatic rings. The molecule has 0 aromatic heterocycles. The topological polar surface area (TPSA) is 115 Å². The zero-order chi connectivity index (χ0) is 24.5. The van der Waals surface area contributed by atoms with E-state index in [1.54, 1.807) is 7.11 Å². The Labute approximate surface area is 204 Å². The molecule has 1 atom stereocenters. The standard InChI is InChI=1S/C24H31ClN4O5/c1-32-15-18(28-24(31)27-17-6-4-3-5-7-17)14-29-10-8-19(9-11-29)34-23(30)16-12-20(25)22(26)21(13-16)33-2/h3-7,12-13,18-19H,8-11,14-15,26H2,1-2H3,(H2,27,28,31). The number of nitrogens with one attached hydrogen (secondary N) is 2. The molecular formula is C24H31ClN4O5. The van der Waals surface area contributed by atoms with Gasteiger partial charge in [-0.05, 0) is 37.1 Å². The van der Waals surface area contributed by atoms with Crippen LogP contribution in [0.1, 0.15) is 23.2 Å². The van der Waals surface area contributed by atoms with Crippen molar-refractivity contribution in [3.05, 3.63) is 53.1 Å². The maximum absolute atomic E-state index is 12.6. The SMILES string of the molecule is COCC(CN1CCC(OC(=O)c2cc(Cl)c(N)c(OC)c2)CC1)NC(=O)Nc1ccccc1. The lowest BCUT2D eigenvalue weighted by Gasteiger charge is -2.34. The number of carbonyl (C=O) groups excluding carboxylic acids is 2. The molecule has 0 radical (unpaired) electrons. The number of esters is 1. The average molecular weight is 491 g/mol. The number of ether oxygens (including phenoxy) is 3. The lowest BCUT2D eigenvalue weighted by atomic mass is 10.1. The quantitative estimate of drug-likeness (QED) is 0.364. The summed E-state index contributed by atoms with van der Waals surface area (Å²) in [7, 11) is 3.07. The second-order valence-corrected chi connectivity index (χ2v) is 8.50. The first-order valence-corrected chi connectivity index (χ1v) is 11.4. The summed E-state index contributed by atoms with van der Waals surface area (Å²) in [5, 5.41) is 6.03. The molecule has 0 aliphatic carbocycles. The van der Waals surface area contributed by atoms with Crippen molar-refractivity contribution in [3.63, 3.8) is 0 Å². The van der Waals surface area contributed by atoms with Crippen LogP contribution in [0, 0.1) is 0 Å². The molecule has 1 heterocycles. The maximum atomic E-state index is 12.6. The highest BCUT2D eigenvalue weighted by Gasteiger charge is 2.26. The van der Waals surface area contributed by atoms with Gasteiger partial charge in [0.2, 0.25) is 0 Å². The van der Waals surface area contributed by atoms with E-state index in [9.17, 15) is 9.59 Å². The summed E-state index contributed by atoms with van der Waals surface area (Å²) in [4.78, 5) is 27.2. The van der Waals surface area contributed by atoms with Crippen LogP contribution in [0.5, 0.6) is 5.75 Å². The number of hydrogen-bond donors (Lipinski definition) is 3. The lowest BCUT2D eigenvalue weighted by Crippen LogP contribution is -2.50. The molecular weight excluding hydrogens is 460 g/mol. The zero-order valence-corrected chi connectivity index (χ0v) is 20.1. The number of methoxy groups -OCH3 is 2. The van der Waals surface area contributed by atoms with E-state index in [0.29, 0.717) is 37.3 Å². The molecule has 1 saturated heterocycles. The van der Waals surface area contributed by atoms with E-state index in [1.165, 1.54) is 19.2 Å². The molecule has 3 rings (SSSR count). The molecule has 2 amide bonds. The van der Waals surface area contributed by atoms with Gasteiger partial charge in [-0.2, -0.15) is 0 Å². The van der Waals surface area contributed by atoms with E-state index in [4.69, 9.17) is 31.5 Å². The molecule has 2 aromatic carbocycles. The van der Waals surface area contributed by atoms with Crippen LogP contribution < -0.4 is 21.1 Å². The summed E-state index contributed by atoms with van der Waals surface area (Å²) in [5.41, 5.74) is 7.14. The monoisotopic (exact) mass is 490 g/mol. The van der Waals surface area contributed by atoms with Crippen LogP contribution in [0.15, 0.2) is 42.5 Å². The van der Waals surface area contributed by atoms with E-state index in [1.807, 2.05) is 30.3 Å². The molecule has 1 aliphatic heterocycles. The molecule has 34 heavy (non-hydrogen) atoms. The Hall–Kier alpha value is -3.01. The Morgan fingerprint density at radius 1 is 1.18 bits per heavy atom. The summed E-state index contributed by atoms with van der Waals surface area (Å²) in [6, 6.07) is 11.8. The summed E-state index contributed by atoms with van der Waals surface area (Å²) in [6.45, 7) is 2.47. The Morgan fingerprint density at radius 2 is 1.88 bits per heavy atom. The second-order valence-electron chi connectivity index (χ2n) is 8.10. The van der Waals surface area contributed by atoms with Gasteiger partial charge in [0.25, 0.3) is 0 Å². The number of piperidine rings is 1. The third-order valence-corrected chi connectivity index (χ3v) is 5.88. The summed E-state index contributed by atoms with van der Waals surface area (Å²) < 4.78 is 16.1. The second kappa shape index (κ2) is 12.5. The van der Waals surface area contributed by atoms with Gasteiger partial charge >= 0.3 is 12.0 Å². The minimum atomic E-state index is -0.463. The van der Waals surface area contributed by atoms with Crippen molar-refractivity contribution in [1.29, 1.82) is 0 Å². The van der Waals surface area contributed by atoms with Crippen molar-refractivity contribution >= 4 is 35.0 Å². The number of para-hydroxylation sites is 1. The molecule has 0 spiro atoms. The van der Waals surface area contributed by atoms with Crippen molar-refractivity contribution in [3.8, 4) is 5.75 Å². The Kier molecular flexibility index (Phi) is 9.38. The predicted molar refractivity (Wildman–Crippen MR) is 132 cm³/mol. The molecule has 4 N–H and O–H groups in total. The number of amides is 2. The molecule has 0 saturated carbocycles. The van der Waals surface area contributed by atoms with Crippen LogP contribution in [-0.4, -0.2) is 69.5 Å². The average Bonchev–Trinajstić information content (AvgIpc) is 2.82. The number of nitrogens with zero attached hydrogens (tertiary/aromatic N) is 1. The van der Waals surface area contributed by atoms with Crippen LogP contribution in [0.25, 0.3) is 0 Å². The molecule has 9 nitrogen and oxygen atoms in total. The first-order valence-electron chi connectivity index (χ1n) is 11.1. The van der Waals surface area contributed by atoms with E-state index < -0.39 is 5.97 Å². The number of carbonyl (C=O) groups is 2. The number of urea groups is 1. The summed E-state index contributed by atoms with van der Waals surface area (Å²) >= 11 is 6.09. The molecule has 1 aliphatic rings. The van der Waals surface area contributed by atoms with E-state index in [0.717, 1.165) is 18.8 Å². The molecule has 1 fully saturated rings. The van der Waals surface area contributed by atoms with Crippen molar-refractivity contribution in [2.45, 2.75) is 25.0 Å². The Morgan fingerprint density at radius 3 is 2.53 bits per heavy atom. The first kappa shape index (κ1) is 25.6. The Balaban J connectivity index is 1.48. The Bertz CT molecular complexity index is 967. The highest BCUT2D eigenvalue weighted by molar-refractivity contribution is 6.33. The van der Waals surface area contributed by atoms with Crippen molar-refractivity contribution in [2.24, 2.45) is 0 Å². The number of rotatable bonds is 9. The smallest absolute Gasteiger partial charge is 0.338 e. The highest BCUT2D eigenvalue weighted by Crippen LogP contribution is 2.31. The van der Waals surface area contributed by atoms with Gasteiger partial charge < -0.3 is 35.5 Å². The molecule has 1 unspecified atom stereocenters. The van der Waals surface area contributed by atoms with Gasteiger partial charge in [0.15, 0.2) is 0 Å². The van der Waals surface area contributed by atoms with E-state index in [2.05, 4.69) is 15.5 Å². The van der Waals surface area contributed by atoms with E-state index >= 15 is 0 Å². The van der Waals surface area contributed by atoms with Gasteiger partial charge in [-0.15, -0.1) is 0 Å². The van der Waals surface area contributed by atoms with Crippen LogP contribution in [-0.2, 0) is 9.47 Å². The van der Waals surface area contributed by atoms with Crippen LogP contribution in [0.2, 0.25) is 5.02 Å². The van der Waals surface area contributed by atoms with Gasteiger partial charge in [-0.25, -0.2) is 9.59 Å². The number of hydrogen-bond acceptors (Lipinski definition) is 7. The fourth-order valence-electron chi connectivity index (χ4n) is 3.84. The number of benzene rings is 2. The van der Waals surface area contributed by atoms with Crippen molar-refractivity contribution in [2.75, 3.05) is 51.5 Å². The minimum absolute atomic E-state index is 0.183. The number of halogens is 1. The predicted octanol–water partition coefficient (Wildman–Crippen LogP) is 3.39. The van der Waals surface area contributed by atoms with Gasteiger partial charge in [0, 0.05) is 32.4 Å². The zero-order valence-electron chi connectivity index (χ0n) is 19.4. The van der Waals surface area contributed by atoms with Crippen molar-refractivity contribution < 1.29 is 23.8 Å². The van der Waals surface area contributed by atoms with Gasteiger partial charge in [-0.1, -0.05) is 29.8 Å². The number of nitrogen functional groups attached to an aromatic ring is 1. The number of nitrogens with two attached hydrogens (primary N) is 1. The van der Waals surface area contributed by atoms with E-state index in [-0.39, 0.29) is 28.9 Å². The molecule has 10 heteroatoms. The fourth-order valence-corrected chi connectivity index (χ4v) is 4.05. The first-order chi connectivity index (χ1) is 16.4. The normalized spacial score (nSPS) is 15.4. The van der Waals surface area contributed by atoms with Crippen LogP contribution in [0.3, 0.4) is 0 Å². The maximum Gasteiger partial charge on any atom is 0.338 e.